The van der Waals surface area contributed by atoms with E-state index >= 15 is 0 Å². The Balaban J connectivity index is 2.73. The van der Waals surface area contributed by atoms with E-state index < -0.39 is 5.82 Å². The maximum atomic E-state index is 12.9. The fourth-order valence-corrected chi connectivity index (χ4v) is 1.22. The number of rotatable bonds is 3. The first kappa shape index (κ1) is 10.0. The lowest BCUT2D eigenvalue weighted by Gasteiger charge is -2.08. The second kappa shape index (κ2) is 4.26. The summed E-state index contributed by atoms with van der Waals surface area (Å²) in [6.45, 7) is 4.24. The minimum absolute atomic E-state index is 0.270. The van der Waals surface area contributed by atoms with Gasteiger partial charge in [-0.1, -0.05) is 26.3 Å². The van der Waals surface area contributed by atoms with Crippen LogP contribution in [0.2, 0.25) is 0 Å². The summed E-state index contributed by atoms with van der Waals surface area (Å²) in [5, 5.41) is 8.96. The molecule has 0 fully saturated rings. The van der Waals surface area contributed by atoms with Crippen LogP contribution < -0.4 is 0 Å². The number of phenolic OH excluding ortho intramolecular Hbond substituents is 1. The molecule has 1 unspecified atom stereocenters. The van der Waals surface area contributed by atoms with Gasteiger partial charge in [0.05, 0.1) is 0 Å². The Morgan fingerprint density at radius 2 is 2.15 bits per heavy atom. The van der Waals surface area contributed by atoms with Crippen LogP contribution in [0.1, 0.15) is 25.8 Å². The van der Waals surface area contributed by atoms with Crippen LogP contribution in [0.5, 0.6) is 5.75 Å². The van der Waals surface area contributed by atoms with E-state index in [2.05, 4.69) is 13.8 Å². The minimum Gasteiger partial charge on any atom is -0.505 e. The fourth-order valence-electron chi connectivity index (χ4n) is 1.22. The van der Waals surface area contributed by atoms with Crippen molar-refractivity contribution in [2.75, 3.05) is 0 Å². The molecular formula is C11H15FO. The highest BCUT2D eigenvalue weighted by Crippen LogP contribution is 2.19. The van der Waals surface area contributed by atoms with Gasteiger partial charge in [0, 0.05) is 0 Å². The normalized spacial score (nSPS) is 12.8. The van der Waals surface area contributed by atoms with Crippen LogP contribution in [0, 0.1) is 11.7 Å². The third-order valence-electron chi connectivity index (χ3n) is 2.29. The summed E-state index contributed by atoms with van der Waals surface area (Å²) in [4.78, 5) is 0. The lowest BCUT2D eigenvalue weighted by Crippen LogP contribution is -1.97. The van der Waals surface area contributed by atoms with E-state index in [4.69, 9.17) is 5.11 Å². The van der Waals surface area contributed by atoms with Crippen molar-refractivity contribution in [2.24, 2.45) is 5.92 Å². The van der Waals surface area contributed by atoms with E-state index in [0.29, 0.717) is 5.92 Å². The van der Waals surface area contributed by atoms with Gasteiger partial charge in [-0.25, -0.2) is 4.39 Å². The average molecular weight is 182 g/mol. The predicted octanol–water partition coefficient (Wildman–Crippen LogP) is 3.12. The van der Waals surface area contributed by atoms with E-state index in [9.17, 15) is 4.39 Å². The molecule has 0 aromatic heterocycles. The van der Waals surface area contributed by atoms with Gasteiger partial charge < -0.3 is 5.11 Å². The van der Waals surface area contributed by atoms with Crippen LogP contribution in [0.25, 0.3) is 0 Å². The molecule has 1 atom stereocenters. The Bertz CT molecular complexity index is 283. The van der Waals surface area contributed by atoms with Crippen molar-refractivity contribution in [2.45, 2.75) is 26.7 Å². The van der Waals surface area contributed by atoms with Crippen LogP contribution in [0.3, 0.4) is 0 Å². The summed E-state index contributed by atoms with van der Waals surface area (Å²) in [6, 6.07) is 4.58. The number of aromatic hydroxyl groups is 1. The molecule has 1 N–H and O–H groups in total. The van der Waals surface area contributed by atoms with Gasteiger partial charge in [-0.15, -0.1) is 0 Å². The van der Waals surface area contributed by atoms with Gasteiger partial charge >= 0.3 is 0 Å². The molecule has 0 amide bonds. The maximum Gasteiger partial charge on any atom is 0.165 e. The lowest BCUT2D eigenvalue weighted by atomic mass is 9.99. The van der Waals surface area contributed by atoms with E-state index in [1.807, 2.05) is 0 Å². The highest BCUT2D eigenvalue weighted by molar-refractivity contribution is 5.28. The summed E-state index contributed by atoms with van der Waals surface area (Å²) < 4.78 is 12.9. The molecule has 0 bridgehead atoms. The summed E-state index contributed by atoms with van der Waals surface area (Å²) in [7, 11) is 0. The molecule has 0 aliphatic heterocycles. The first-order chi connectivity index (χ1) is 6.13. The summed E-state index contributed by atoms with van der Waals surface area (Å²) >= 11 is 0. The Kier molecular flexibility index (Phi) is 3.29. The van der Waals surface area contributed by atoms with Gasteiger partial charge in [0.25, 0.3) is 0 Å². The molecule has 1 rings (SSSR count). The van der Waals surface area contributed by atoms with Crippen molar-refractivity contribution in [3.05, 3.63) is 29.6 Å². The van der Waals surface area contributed by atoms with Crippen LogP contribution in [0.4, 0.5) is 4.39 Å². The van der Waals surface area contributed by atoms with Gasteiger partial charge in [-0.3, -0.25) is 0 Å². The van der Waals surface area contributed by atoms with Crippen LogP contribution >= 0.6 is 0 Å². The summed E-state index contributed by atoms with van der Waals surface area (Å²) in [5.41, 5.74) is 0.949. The molecule has 0 saturated carbocycles. The maximum absolute atomic E-state index is 12.9. The van der Waals surface area contributed by atoms with Crippen LogP contribution in [-0.2, 0) is 6.42 Å². The number of hydrogen-bond donors (Lipinski definition) is 1. The van der Waals surface area contributed by atoms with Crippen molar-refractivity contribution in [3.8, 4) is 5.75 Å². The molecule has 0 aliphatic carbocycles. The lowest BCUT2D eigenvalue weighted by molar-refractivity contribution is 0.431. The highest BCUT2D eigenvalue weighted by atomic mass is 19.1. The molecular weight excluding hydrogens is 167 g/mol. The van der Waals surface area contributed by atoms with E-state index in [1.165, 1.54) is 12.1 Å². The van der Waals surface area contributed by atoms with Gasteiger partial charge in [-0.2, -0.15) is 0 Å². The van der Waals surface area contributed by atoms with E-state index in [0.717, 1.165) is 18.4 Å². The third kappa shape index (κ3) is 2.72. The molecule has 1 aromatic rings. The summed E-state index contributed by atoms with van der Waals surface area (Å²) in [5.74, 6) is -0.238. The molecule has 0 spiro atoms. The zero-order chi connectivity index (χ0) is 9.84. The van der Waals surface area contributed by atoms with Crippen LogP contribution in [-0.4, -0.2) is 5.11 Å². The number of benzene rings is 1. The summed E-state index contributed by atoms with van der Waals surface area (Å²) in [6.07, 6.45) is 1.95. The van der Waals surface area contributed by atoms with Gasteiger partial charge in [0.2, 0.25) is 0 Å². The smallest absolute Gasteiger partial charge is 0.165 e. The topological polar surface area (TPSA) is 20.2 Å². The zero-order valence-corrected chi connectivity index (χ0v) is 8.05. The Morgan fingerprint density at radius 1 is 1.46 bits per heavy atom. The molecule has 1 nitrogen and oxygen atoms in total. The standard InChI is InChI=1S/C11H15FO/c1-3-8(2)6-9-4-5-11(13)10(12)7-9/h4-5,7-8,13H,3,6H2,1-2H3. The van der Waals surface area contributed by atoms with E-state index in [-0.39, 0.29) is 5.75 Å². The predicted molar refractivity (Wildman–Crippen MR) is 51.2 cm³/mol. The van der Waals surface area contributed by atoms with Crippen molar-refractivity contribution in [1.82, 2.24) is 0 Å². The van der Waals surface area contributed by atoms with Gasteiger partial charge in [0.1, 0.15) is 0 Å². The second-order valence-corrected chi connectivity index (χ2v) is 3.50. The number of phenols is 1. The number of halogens is 1. The van der Waals surface area contributed by atoms with Crippen molar-refractivity contribution in [3.63, 3.8) is 0 Å². The van der Waals surface area contributed by atoms with Crippen molar-refractivity contribution in [1.29, 1.82) is 0 Å². The Morgan fingerprint density at radius 3 is 2.69 bits per heavy atom. The average Bonchev–Trinajstić information content (AvgIpc) is 2.11. The molecule has 2 heteroatoms. The minimum atomic E-state index is -0.527. The van der Waals surface area contributed by atoms with Crippen LogP contribution in [0.15, 0.2) is 18.2 Å². The highest BCUT2D eigenvalue weighted by Gasteiger charge is 2.04. The first-order valence-electron chi connectivity index (χ1n) is 4.61. The largest absolute Gasteiger partial charge is 0.505 e. The molecule has 13 heavy (non-hydrogen) atoms. The molecule has 0 heterocycles. The molecule has 72 valence electrons. The van der Waals surface area contributed by atoms with Crippen molar-refractivity contribution < 1.29 is 9.50 Å². The SMILES string of the molecule is CCC(C)Cc1ccc(O)c(F)c1. The molecule has 0 aliphatic rings. The van der Waals surface area contributed by atoms with Crippen molar-refractivity contribution >= 4 is 0 Å². The quantitative estimate of drug-likeness (QED) is 0.761. The van der Waals surface area contributed by atoms with Gasteiger partial charge in [-0.05, 0) is 30.0 Å². The Hall–Kier alpha value is -1.05. The van der Waals surface area contributed by atoms with E-state index in [1.54, 1.807) is 6.07 Å². The molecule has 0 radical (unpaired) electrons. The van der Waals surface area contributed by atoms with Gasteiger partial charge in [0.15, 0.2) is 11.6 Å². The fraction of sp³-hybridized carbons (Fsp3) is 0.455. The Labute approximate surface area is 78.2 Å². The second-order valence-electron chi connectivity index (χ2n) is 3.50. The third-order valence-corrected chi connectivity index (χ3v) is 2.29. The molecule has 0 saturated heterocycles. The first-order valence-corrected chi connectivity index (χ1v) is 4.61. The molecule has 1 aromatic carbocycles. The number of hydrogen-bond acceptors (Lipinski definition) is 1. The monoisotopic (exact) mass is 182 g/mol. The zero-order valence-electron chi connectivity index (χ0n) is 8.05.